The number of hydrogen-bond acceptors (Lipinski definition) is 8. The zero-order valence-electron chi connectivity index (χ0n) is 23.5. The van der Waals surface area contributed by atoms with Crippen molar-refractivity contribution >= 4 is 34.2 Å². The van der Waals surface area contributed by atoms with E-state index in [1.807, 2.05) is 18.0 Å². The quantitative estimate of drug-likeness (QED) is 0.475. The van der Waals surface area contributed by atoms with Crippen LogP contribution < -0.4 is 15.1 Å². The van der Waals surface area contributed by atoms with Crippen molar-refractivity contribution in [2.75, 3.05) is 80.8 Å². The van der Waals surface area contributed by atoms with Crippen LogP contribution in [0.5, 0.6) is 0 Å². The number of rotatable bonds is 3. The number of benzene rings is 1. The Bertz CT molecular complexity index is 1540. The summed E-state index contributed by atoms with van der Waals surface area (Å²) >= 11 is 0. The molecule has 0 radical (unpaired) electrons. The maximum atomic E-state index is 15.5. The molecule has 4 aliphatic rings. The summed E-state index contributed by atoms with van der Waals surface area (Å²) in [5, 5.41) is 13.2. The summed E-state index contributed by atoms with van der Waals surface area (Å²) in [6, 6.07) is 4.33. The second kappa shape index (κ2) is 10.5. The third-order valence-electron chi connectivity index (χ3n) is 9.29. The van der Waals surface area contributed by atoms with Gasteiger partial charge in [-0.05, 0) is 37.0 Å². The van der Waals surface area contributed by atoms with Crippen molar-refractivity contribution in [1.82, 2.24) is 14.9 Å². The zero-order valence-corrected chi connectivity index (χ0v) is 23.5. The number of anilines is 3. The fraction of sp³-hybridized carbons (Fsp3) is 0.500. The molecule has 10 nitrogen and oxygen atoms in total. The molecule has 222 valence electrons. The topological polar surface area (TPSA) is 103 Å². The number of carbonyl (C=O) groups is 1. The standard InChI is InChI=1S/C30H34F2N6O4/c1-18-25(26-21(32)12-19(31)13-22(26)35-28(18)37-3-5-38(6-4-37)29(39)40)24-15-30(2-9-42-24)17-34-23-14-20(16-33-27(23)30)36-7-10-41-11-8-36/h12-14,16,24,34H,2-11,15,17H2,1H3,(H,39,40)/t24-,30?/m1/s1. The lowest BCUT2D eigenvalue weighted by atomic mass is 9.74. The van der Waals surface area contributed by atoms with Gasteiger partial charge in [-0.1, -0.05) is 0 Å². The van der Waals surface area contributed by atoms with Crippen LogP contribution in [-0.2, 0) is 14.9 Å². The number of fused-ring (bicyclic) bond motifs is 3. The minimum absolute atomic E-state index is 0.227. The molecule has 42 heavy (non-hydrogen) atoms. The van der Waals surface area contributed by atoms with E-state index in [-0.39, 0.29) is 16.3 Å². The van der Waals surface area contributed by atoms with Crippen molar-refractivity contribution < 1.29 is 28.2 Å². The van der Waals surface area contributed by atoms with Crippen LogP contribution in [0.25, 0.3) is 10.9 Å². The average molecular weight is 581 g/mol. The number of aromatic nitrogens is 2. The molecule has 1 unspecified atom stereocenters. The molecule has 4 aliphatic heterocycles. The third kappa shape index (κ3) is 4.57. The summed E-state index contributed by atoms with van der Waals surface area (Å²) in [4.78, 5) is 26.8. The number of nitrogens with zero attached hydrogens (tertiary/aromatic N) is 5. The molecule has 1 aromatic carbocycles. The Hall–Kier alpha value is -3.77. The first-order valence-electron chi connectivity index (χ1n) is 14.5. The van der Waals surface area contributed by atoms with Crippen LogP contribution in [0.1, 0.15) is 35.8 Å². The van der Waals surface area contributed by atoms with Crippen LogP contribution in [0.3, 0.4) is 0 Å². The lowest BCUT2D eigenvalue weighted by Crippen LogP contribution is -2.48. The Morgan fingerprint density at radius 3 is 2.62 bits per heavy atom. The minimum Gasteiger partial charge on any atom is -0.465 e. The monoisotopic (exact) mass is 580 g/mol. The van der Waals surface area contributed by atoms with Gasteiger partial charge in [0.2, 0.25) is 0 Å². The summed E-state index contributed by atoms with van der Waals surface area (Å²) in [6.07, 6.45) is 1.88. The first kappa shape index (κ1) is 27.1. The average Bonchev–Trinajstić information content (AvgIpc) is 3.34. The van der Waals surface area contributed by atoms with Gasteiger partial charge in [0.05, 0.1) is 48.1 Å². The Labute approximate surface area is 242 Å². The minimum atomic E-state index is -0.959. The van der Waals surface area contributed by atoms with E-state index in [4.69, 9.17) is 19.4 Å². The molecule has 2 N–H and O–H groups in total. The molecule has 2 atom stereocenters. The second-order valence-corrected chi connectivity index (χ2v) is 11.6. The largest absolute Gasteiger partial charge is 0.465 e. The summed E-state index contributed by atoms with van der Waals surface area (Å²) in [7, 11) is 0. The fourth-order valence-corrected chi connectivity index (χ4v) is 7.07. The van der Waals surface area contributed by atoms with E-state index >= 15 is 4.39 Å². The van der Waals surface area contributed by atoms with Gasteiger partial charge < -0.3 is 34.6 Å². The fourth-order valence-electron chi connectivity index (χ4n) is 7.07. The van der Waals surface area contributed by atoms with E-state index in [2.05, 4.69) is 16.3 Å². The number of pyridine rings is 2. The molecular weight excluding hydrogens is 546 g/mol. The van der Waals surface area contributed by atoms with Crippen LogP contribution in [0, 0.1) is 18.6 Å². The number of carboxylic acid groups (broad SMARTS) is 1. The van der Waals surface area contributed by atoms with Crippen LogP contribution in [0.4, 0.5) is 30.8 Å². The number of nitrogens with one attached hydrogen (secondary N) is 1. The number of piperazine rings is 1. The van der Waals surface area contributed by atoms with E-state index < -0.39 is 23.8 Å². The molecule has 3 saturated heterocycles. The molecular formula is C30H34F2N6O4. The van der Waals surface area contributed by atoms with Gasteiger partial charge >= 0.3 is 6.09 Å². The van der Waals surface area contributed by atoms with Crippen molar-refractivity contribution in [3.05, 3.63) is 52.9 Å². The van der Waals surface area contributed by atoms with Crippen LogP contribution in [0.15, 0.2) is 24.4 Å². The van der Waals surface area contributed by atoms with E-state index in [1.165, 1.54) is 11.0 Å². The Morgan fingerprint density at radius 2 is 1.86 bits per heavy atom. The first-order chi connectivity index (χ1) is 20.3. The highest BCUT2D eigenvalue weighted by Gasteiger charge is 2.46. The highest BCUT2D eigenvalue weighted by atomic mass is 19.1. The third-order valence-corrected chi connectivity index (χ3v) is 9.29. The van der Waals surface area contributed by atoms with Crippen molar-refractivity contribution in [1.29, 1.82) is 0 Å². The molecule has 7 rings (SSSR count). The number of morpholine rings is 1. The van der Waals surface area contributed by atoms with Crippen molar-refractivity contribution in [2.45, 2.75) is 31.3 Å². The van der Waals surface area contributed by atoms with Gasteiger partial charge in [0, 0.05) is 75.4 Å². The van der Waals surface area contributed by atoms with E-state index in [1.54, 1.807) is 0 Å². The van der Waals surface area contributed by atoms with Gasteiger partial charge in [0.1, 0.15) is 17.5 Å². The van der Waals surface area contributed by atoms with Crippen molar-refractivity contribution in [2.24, 2.45) is 0 Å². The summed E-state index contributed by atoms with van der Waals surface area (Å²) in [6.45, 7) is 7.65. The lowest BCUT2D eigenvalue weighted by molar-refractivity contribution is -0.0186. The van der Waals surface area contributed by atoms with E-state index in [0.717, 1.165) is 48.2 Å². The summed E-state index contributed by atoms with van der Waals surface area (Å²) < 4.78 is 41.8. The predicted octanol–water partition coefficient (Wildman–Crippen LogP) is 4.07. The smallest absolute Gasteiger partial charge is 0.407 e. The molecule has 6 heterocycles. The number of hydrogen-bond donors (Lipinski definition) is 2. The molecule has 2 aromatic heterocycles. The van der Waals surface area contributed by atoms with Crippen LogP contribution in [-0.4, -0.2) is 91.7 Å². The Kier molecular flexibility index (Phi) is 6.77. The van der Waals surface area contributed by atoms with Gasteiger partial charge in [-0.15, -0.1) is 0 Å². The summed E-state index contributed by atoms with van der Waals surface area (Å²) in [5.74, 6) is -0.757. The van der Waals surface area contributed by atoms with Gasteiger partial charge in [-0.3, -0.25) is 4.98 Å². The zero-order chi connectivity index (χ0) is 29.0. The number of amides is 1. The van der Waals surface area contributed by atoms with Crippen LogP contribution >= 0.6 is 0 Å². The molecule has 1 spiro atoms. The summed E-state index contributed by atoms with van der Waals surface area (Å²) in [5.41, 5.74) is 4.45. The van der Waals surface area contributed by atoms with Crippen molar-refractivity contribution in [3.8, 4) is 0 Å². The molecule has 1 amide bonds. The normalized spacial score (nSPS) is 24.3. The maximum Gasteiger partial charge on any atom is 0.407 e. The highest BCUT2D eigenvalue weighted by Crippen LogP contribution is 2.50. The molecule has 3 aromatic rings. The van der Waals surface area contributed by atoms with Gasteiger partial charge in [-0.2, -0.15) is 0 Å². The SMILES string of the molecule is Cc1c(N2CCN(C(=O)O)CC2)nc2cc(F)cc(F)c2c1[C@H]1CC2(CCO1)CNc1cc(N3CCOCC3)cnc12. The second-order valence-electron chi connectivity index (χ2n) is 11.6. The Morgan fingerprint density at radius 1 is 1.07 bits per heavy atom. The molecule has 3 fully saturated rings. The van der Waals surface area contributed by atoms with Crippen molar-refractivity contribution in [3.63, 3.8) is 0 Å². The molecule has 0 aliphatic carbocycles. The molecule has 12 heteroatoms. The van der Waals surface area contributed by atoms with Gasteiger partial charge in [0.25, 0.3) is 0 Å². The lowest BCUT2D eigenvalue weighted by Gasteiger charge is -2.39. The van der Waals surface area contributed by atoms with Gasteiger partial charge in [-0.25, -0.2) is 18.6 Å². The number of halogens is 2. The Balaban J connectivity index is 1.26. The molecule has 0 bridgehead atoms. The van der Waals surface area contributed by atoms with Gasteiger partial charge in [0.15, 0.2) is 0 Å². The maximum absolute atomic E-state index is 15.5. The molecule has 0 saturated carbocycles. The highest BCUT2D eigenvalue weighted by molar-refractivity contribution is 5.87. The number of ether oxygens (including phenoxy) is 2. The van der Waals surface area contributed by atoms with Crippen LogP contribution in [0.2, 0.25) is 0 Å². The van der Waals surface area contributed by atoms with E-state index in [9.17, 15) is 14.3 Å². The predicted molar refractivity (Wildman–Crippen MR) is 154 cm³/mol. The first-order valence-corrected chi connectivity index (χ1v) is 14.5. The van der Waals surface area contributed by atoms with E-state index in [0.29, 0.717) is 70.3 Å².